The molecule has 0 fully saturated rings. The number of rotatable bonds is 14. The van der Waals surface area contributed by atoms with Gasteiger partial charge in [-0.05, 0) is 66.2 Å². The Morgan fingerprint density at radius 1 is 0.650 bits per heavy atom. The largest absolute Gasteiger partial charge is 0.505 e. The molecule has 0 aliphatic rings. The van der Waals surface area contributed by atoms with E-state index in [2.05, 4.69) is 40.0 Å². The second-order valence-electron chi connectivity index (χ2n) is 10.8. The van der Waals surface area contributed by atoms with Gasteiger partial charge in [0.05, 0.1) is 28.3 Å². The van der Waals surface area contributed by atoms with E-state index in [0.29, 0.717) is 6.07 Å². The molecule has 33 heteroatoms. The normalized spacial score (nSPS) is 12.1. The second-order valence-corrected chi connectivity index (χ2v) is 18.5. The van der Waals surface area contributed by atoms with E-state index in [4.69, 9.17) is 16.2 Å². The second kappa shape index (κ2) is 22.3. The van der Waals surface area contributed by atoms with E-state index in [1.54, 1.807) is 0 Å². The smallest absolute Gasteiger partial charge is 0.397 e. The predicted molar refractivity (Wildman–Crippen MR) is 216 cm³/mol. The van der Waals surface area contributed by atoms with E-state index in [1.165, 1.54) is 24.3 Å². The van der Waals surface area contributed by atoms with Gasteiger partial charge in [0, 0.05) is 129 Å². The van der Waals surface area contributed by atoms with Gasteiger partial charge in [-0.3, -0.25) is 18.2 Å². The first kappa shape index (κ1) is 57.0. The van der Waals surface area contributed by atoms with Gasteiger partial charge >= 0.3 is 10.4 Å². The summed E-state index contributed by atoms with van der Waals surface area (Å²) in [4.78, 5) is 8.63. The SMILES string of the molecule is O=S(=O)(O)OCCS(=O)(=O)c1ccc(Nc2nc(Cl)nc(Nc3ccc(S(=O)(=O)O)c4cc(S(=O)(=O)O)c(N=Nc5ccccc5S(=O)(=O)O)c(O)c34)n2)cc1.[Na].[Na].[Na].[Na]. The van der Waals surface area contributed by atoms with Gasteiger partial charge in [0.1, 0.15) is 26.1 Å². The molecule has 4 radical (unpaired) electrons. The third kappa shape index (κ3) is 14.8. The van der Waals surface area contributed by atoms with E-state index in [0.717, 1.165) is 36.4 Å². The molecule has 4 aromatic carbocycles. The summed E-state index contributed by atoms with van der Waals surface area (Å²) < 4.78 is 162. The van der Waals surface area contributed by atoms with Crippen LogP contribution in [0.3, 0.4) is 0 Å². The first-order chi connectivity index (χ1) is 25.8. The molecule has 1 aromatic heterocycles. The Hall–Kier alpha value is -1.01. The quantitative estimate of drug-likeness (QED) is 0.0476. The van der Waals surface area contributed by atoms with E-state index >= 15 is 0 Å². The van der Waals surface area contributed by atoms with E-state index in [9.17, 15) is 60.9 Å². The van der Waals surface area contributed by atoms with Crippen LogP contribution in [-0.4, -0.2) is 211 Å². The van der Waals surface area contributed by atoms with Crippen LogP contribution in [0.5, 0.6) is 5.75 Å². The van der Waals surface area contributed by atoms with E-state index in [1.807, 2.05) is 0 Å². The Kier molecular flexibility index (Phi) is 21.1. The molecule has 302 valence electrons. The van der Waals surface area contributed by atoms with Crippen molar-refractivity contribution < 1.29 is 69.6 Å². The van der Waals surface area contributed by atoms with Crippen LogP contribution in [0.15, 0.2) is 96.5 Å². The van der Waals surface area contributed by atoms with Crippen LogP contribution >= 0.6 is 11.6 Å². The predicted octanol–water partition coefficient (Wildman–Crippen LogP) is 2.10. The number of sulfone groups is 1. The average Bonchev–Trinajstić information content (AvgIpc) is 3.06. The molecule has 0 amide bonds. The van der Waals surface area contributed by atoms with Crippen LogP contribution in [0, 0.1) is 0 Å². The van der Waals surface area contributed by atoms with Crippen LogP contribution in [0.25, 0.3) is 10.8 Å². The van der Waals surface area contributed by atoms with Gasteiger partial charge in [-0.25, -0.2) is 12.6 Å². The molecule has 0 saturated heterocycles. The van der Waals surface area contributed by atoms with Gasteiger partial charge in [0.15, 0.2) is 15.6 Å². The van der Waals surface area contributed by atoms with Crippen molar-refractivity contribution in [3.8, 4) is 5.75 Å². The summed E-state index contributed by atoms with van der Waals surface area (Å²) in [5, 5.41) is 22.2. The van der Waals surface area contributed by atoms with Crippen LogP contribution in [0.1, 0.15) is 0 Å². The molecule has 5 aromatic rings. The number of azo groups is 1. The minimum Gasteiger partial charge on any atom is -0.505 e. The summed E-state index contributed by atoms with van der Waals surface area (Å²) in [6.45, 7) is -0.857. The van der Waals surface area contributed by atoms with Crippen molar-refractivity contribution in [3.05, 3.63) is 72.0 Å². The van der Waals surface area contributed by atoms with Crippen molar-refractivity contribution in [1.82, 2.24) is 15.0 Å². The van der Waals surface area contributed by atoms with Crippen LogP contribution in [0.4, 0.5) is 34.6 Å². The van der Waals surface area contributed by atoms with Crippen molar-refractivity contribution in [3.63, 3.8) is 0 Å². The zero-order valence-electron chi connectivity index (χ0n) is 31.1. The number of hydrogen-bond donors (Lipinski definition) is 7. The fourth-order valence-electron chi connectivity index (χ4n) is 4.74. The van der Waals surface area contributed by atoms with Crippen molar-refractivity contribution in [2.75, 3.05) is 23.0 Å². The Bertz CT molecular complexity index is 3010. The first-order valence-electron chi connectivity index (χ1n) is 14.5. The number of phenols is 1. The van der Waals surface area contributed by atoms with Crippen LogP contribution in [-0.2, 0) is 54.8 Å². The molecule has 0 bridgehead atoms. The van der Waals surface area contributed by atoms with Gasteiger partial charge in [0.2, 0.25) is 17.2 Å². The third-order valence-corrected chi connectivity index (χ3v) is 12.0. The molecule has 0 aliphatic carbocycles. The van der Waals surface area contributed by atoms with Crippen molar-refractivity contribution >= 4 is 226 Å². The molecule has 0 aliphatic heterocycles. The van der Waals surface area contributed by atoms with Crippen LogP contribution < -0.4 is 10.6 Å². The Labute approximate surface area is 434 Å². The average molecular weight is 988 g/mol. The monoisotopic (exact) mass is 987 g/mol. The number of benzene rings is 4. The van der Waals surface area contributed by atoms with Gasteiger partial charge in [-0.1, -0.05) is 12.1 Å². The van der Waals surface area contributed by atoms with Gasteiger partial charge in [-0.15, -0.1) is 10.2 Å². The molecule has 1 heterocycles. The zero-order chi connectivity index (χ0) is 41.4. The van der Waals surface area contributed by atoms with Crippen molar-refractivity contribution in [1.29, 1.82) is 0 Å². The number of aromatic hydroxyl groups is 1. The molecule has 0 atom stereocenters. The summed E-state index contributed by atoms with van der Waals surface area (Å²) in [6.07, 6.45) is 0. The third-order valence-electron chi connectivity index (χ3n) is 7.04. The minimum absolute atomic E-state index is 0. The molecule has 23 nitrogen and oxygen atoms in total. The molecule has 0 unspecified atom stereocenters. The number of nitrogens with zero attached hydrogens (tertiary/aromatic N) is 5. The van der Waals surface area contributed by atoms with E-state index in [-0.39, 0.29) is 140 Å². The number of aromatic nitrogens is 3. The molecule has 0 saturated carbocycles. The summed E-state index contributed by atoms with van der Waals surface area (Å²) >= 11 is 6.08. The summed E-state index contributed by atoms with van der Waals surface area (Å²) in [5.41, 5.74) is -1.76. The number of phenolic OH excluding ortho intramolecular Hbond substituents is 1. The molecular formula is C27H22ClN7Na4O16S5. The maximum Gasteiger partial charge on any atom is 0.397 e. The minimum atomic E-state index is -5.39. The maximum absolute atomic E-state index is 12.5. The summed E-state index contributed by atoms with van der Waals surface area (Å²) in [6, 6.07) is 11.5. The summed E-state index contributed by atoms with van der Waals surface area (Å²) in [7, 11) is -24.4. The fourth-order valence-corrected chi connectivity index (χ4v) is 8.34. The Balaban J connectivity index is 0.00000450. The topological polar surface area (TPSA) is 369 Å². The number of hydrogen-bond acceptors (Lipinski definition) is 19. The van der Waals surface area contributed by atoms with Crippen molar-refractivity contribution in [2.24, 2.45) is 10.2 Å². The molecular weight excluding hydrogens is 966 g/mol. The zero-order valence-corrected chi connectivity index (χ0v) is 44.0. The Morgan fingerprint density at radius 3 is 1.75 bits per heavy atom. The fraction of sp³-hybridized carbons (Fsp3) is 0.0741. The number of nitrogens with one attached hydrogen (secondary N) is 2. The maximum atomic E-state index is 12.5. The standard InChI is InChI=1S/C27H22ClN7O16S5.4Na/c28-25-31-26(29-14-5-7-15(8-6-14)52(37,38)12-11-51-56(48,49)50)33-27(32-25)30-18-9-10-19(53(39,40)41)16-13-21(55(45,46)47)23(24(36)22(16)18)35-34-17-3-1-2-4-20(17)54(42,43)44;;;;/h1-10,13,36H,11-12H2,(H,39,40,41)(H,42,43,44)(H,45,46,47)(H,48,49,50)(H2,29,30,31,32,33);;;;. The van der Waals surface area contributed by atoms with Gasteiger partial charge in [-0.2, -0.15) is 48.6 Å². The molecule has 0 spiro atoms. The first-order valence-corrected chi connectivity index (χ1v) is 22.2. The van der Waals surface area contributed by atoms with E-state index < -0.39 is 117 Å². The molecule has 60 heavy (non-hydrogen) atoms. The number of fused-ring (bicyclic) bond motifs is 1. The summed E-state index contributed by atoms with van der Waals surface area (Å²) in [5.74, 6) is -2.70. The number of anilines is 4. The number of halogens is 1. The molecule has 7 N–H and O–H groups in total. The van der Waals surface area contributed by atoms with Crippen LogP contribution in [0.2, 0.25) is 5.28 Å². The van der Waals surface area contributed by atoms with Crippen molar-refractivity contribution in [2.45, 2.75) is 19.6 Å². The molecule has 5 rings (SSSR count). The van der Waals surface area contributed by atoms with Gasteiger partial charge in [0.25, 0.3) is 30.4 Å². The Morgan fingerprint density at radius 2 is 1.20 bits per heavy atom. The van der Waals surface area contributed by atoms with Gasteiger partial charge < -0.3 is 15.7 Å².